The summed E-state index contributed by atoms with van der Waals surface area (Å²) in [4.78, 5) is 0. The van der Waals surface area contributed by atoms with Crippen LogP contribution in [0, 0.1) is 11.3 Å². The van der Waals surface area contributed by atoms with Crippen molar-refractivity contribution in [1.82, 2.24) is 0 Å². The Labute approximate surface area is 93.3 Å². The molecule has 2 rings (SSSR count). The maximum atomic E-state index is 6.16. The molecule has 0 aromatic carbocycles. The van der Waals surface area contributed by atoms with Crippen LogP contribution in [0.2, 0.25) is 0 Å². The van der Waals surface area contributed by atoms with Crippen LogP contribution in [-0.2, 0) is 9.47 Å². The van der Waals surface area contributed by atoms with Crippen molar-refractivity contribution < 1.29 is 9.47 Å². The molecule has 0 aromatic rings. The van der Waals surface area contributed by atoms with E-state index in [4.69, 9.17) is 9.47 Å². The molecule has 0 amide bonds. The molecule has 2 aliphatic rings. The lowest BCUT2D eigenvalue weighted by Gasteiger charge is -2.49. The molecule has 1 spiro atoms. The van der Waals surface area contributed by atoms with E-state index in [1.54, 1.807) is 0 Å². The summed E-state index contributed by atoms with van der Waals surface area (Å²) in [6, 6.07) is 0. The topological polar surface area (TPSA) is 18.5 Å². The van der Waals surface area contributed by atoms with Gasteiger partial charge in [-0.05, 0) is 25.7 Å². The predicted molar refractivity (Wildman–Crippen MR) is 60.6 cm³/mol. The van der Waals surface area contributed by atoms with Crippen LogP contribution >= 0.6 is 0 Å². The lowest BCUT2D eigenvalue weighted by Crippen LogP contribution is -2.53. The van der Waals surface area contributed by atoms with Crippen molar-refractivity contribution in [2.45, 2.75) is 65.3 Å². The summed E-state index contributed by atoms with van der Waals surface area (Å²) in [5.74, 6) is 0.606. The van der Waals surface area contributed by atoms with Gasteiger partial charge in [0.05, 0.1) is 12.7 Å². The molecule has 1 unspecified atom stereocenters. The van der Waals surface area contributed by atoms with Gasteiger partial charge in [-0.1, -0.05) is 20.8 Å². The number of hydrogen-bond donors (Lipinski definition) is 0. The Kier molecular flexibility index (Phi) is 2.85. The van der Waals surface area contributed by atoms with Gasteiger partial charge in [0, 0.05) is 18.3 Å². The second-order valence-electron chi connectivity index (χ2n) is 6.13. The highest BCUT2D eigenvalue weighted by Crippen LogP contribution is 2.43. The Balaban J connectivity index is 2.01. The molecule has 0 radical (unpaired) electrons. The molecule has 15 heavy (non-hydrogen) atoms. The van der Waals surface area contributed by atoms with Gasteiger partial charge in [-0.2, -0.15) is 0 Å². The Morgan fingerprint density at radius 3 is 2.20 bits per heavy atom. The van der Waals surface area contributed by atoms with Gasteiger partial charge in [0.2, 0.25) is 0 Å². The molecular formula is C13H24O2. The molecule has 2 nitrogen and oxygen atoms in total. The lowest BCUT2D eigenvalue weighted by molar-refractivity contribution is -0.337. The fraction of sp³-hybridized carbons (Fsp3) is 1.00. The second kappa shape index (κ2) is 3.74. The zero-order valence-corrected chi connectivity index (χ0v) is 10.5. The van der Waals surface area contributed by atoms with Gasteiger partial charge >= 0.3 is 0 Å². The highest BCUT2D eigenvalue weighted by Gasteiger charge is 2.45. The molecule has 1 aliphatic carbocycles. The maximum absolute atomic E-state index is 6.16. The number of rotatable bonds is 0. The fourth-order valence-corrected chi connectivity index (χ4v) is 2.41. The Morgan fingerprint density at radius 2 is 1.67 bits per heavy atom. The first-order chi connectivity index (χ1) is 6.94. The smallest absolute Gasteiger partial charge is 0.168 e. The Hall–Kier alpha value is -0.0800. The van der Waals surface area contributed by atoms with E-state index in [2.05, 4.69) is 27.7 Å². The monoisotopic (exact) mass is 212 g/mol. The van der Waals surface area contributed by atoms with Crippen LogP contribution in [0.4, 0.5) is 0 Å². The van der Waals surface area contributed by atoms with Crippen LogP contribution in [0.25, 0.3) is 0 Å². The summed E-state index contributed by atoms with van der Waals surface area (Å²) in [6.45, 7) is 9.78. The molecular weight excluding hydrogens is 188 g/mol. The van der Waals surface area contributed by atoms with E-state index in [1.165, 1.54) is 12.8 Å². The maximum Gasteiger partial charge on any atom is 0.168 e. The van der Waals surface area contributed by atoms with Crippen molar-refractivity contribution in [2.24, 2.45) is 11.3 Å². The minimum absolute atomic E-state index is 0.161. The third-order valence-corrected chi connectivity index (χ3v) is 4.24. The van der Waals surface area contributed by atoms with E-state index in [-0.39, 0.29) is 11.2 Å². The second-order valence-corrected chi connectivity index (χ2v) is 6.13. The normalized spacial score (nSPS) is 45.6. The third kappa shape index (κ3) is 2.21. The molecule has 1 saturated heterocycles. The minimum atomic E-state index is -0.235. The minimum Gasteiger partial charge on any atom is -0.349 e. The summed E-state index contributed by atoms with van der Waals surface area (Å²) >= 11 is 0. The first-order valence-electron chi connectivity index (χ1n) is 6.25. The summed E-state index contributed by atoms with van der Waals surface area (Å²) in [5.41, 5.74) is 0.161. The van der Waals surface area contributed by atoms with Crippen molar-refractivity contribution in [3.8, 4) is 0 Å². The molecule has 2 heteroatoms. The molecule has 0 N–H and O–H groups in total. The summed E-state index contributed by atoms with van der Waals surface area (Å²) in [5, 5.41) is 0. The highest BCUT2D eigenvalue weighted by molar-refractivity contribution is 4.88. The number of ether oxygens (including phenoxy) is 2. The van der Waals surface area contributed by atoms with E-state index in [0.29, 0.717) is 6.10 Å². The zero-order valence-electron chi connectivity index (χ0n) is 10.5. The SMILES string of the molecule is CC1CCC2(CC1)OCC(C)(C)C(C)O2. The summed E-state index contributed by atoms with van der Waals surface area (Å²) < 4.78 is 12.2. The molecule has 1 heterocycles. The van der Waals surface area contributed by atoms with Gasteiger partial charge in [0.15, 0.2) is 5.79 Å². The average Bonchev–Trinajstić information content (AvgIpc) is 2.18. The van der Waals surface area contributed by atoms with E-state index in [1.807, 2.05) is 0 Å². The van der Waals surface area contributed by atoms with Crippen molar-refractivity contribution in [3.63, 3.8) is 0 Å². The van der Waals surface area contributed by atoms with Crippen molar-refractivity contribution in [2.75, 3.05) is 6.61 Å². The predicted octanol–water partition coefficient (Wildman–Crippen LogP) is 3.35. The van der Waals surface area contributed by atoms with Crippen molar-refractivity contribution in [3.05, 3.63) is 0 Å². The molecule has 0 bridgehead atoms. The fourth-order valence-electron chi connectivity index (χ4n) is 2.41. The van der Waals surface area contributed by atoms with Gasteiger partial charge in [0.25, 0.3) is 0 Å². The molecule has 1 atom stereocenters. The average molecular weight is 212 g/mol. The first-order valence-corrected chi connectivity index (χ1v) is 6.25. The van der Waals surface area contributed by atoms with Crippen LogP contribution in [0.5, 0.6) is 0 Å². The zero-order chi connectivity index (χ0) is 11.1. The summed E-state index contributed by atoms with van der Waals surface area (Å²) in [7, 11) is 0. The van der Waals surface area contributed by atoms with E-state index in [9.17, 15) is 0 Å². The highest BCUT2D eigenvalue weighted by atomic mass is 16.7. The van der Waals surface area contributed by atoms with E-state index in [0.717, 1.165) is 25.4 Å². The third-order valence-electron chi connectivity index (χ3n) is 4.24. The van der Waals surface area contributed by atoms with Crippen LogP contribution < -0.4 is 0 Å². The van der Waals surface area contributed by atoms with Crippen molar-refractivity contribution >= 4 is 0 Å². The Bertz CT molecular complexity index is 227. The largest absolute Gasteiger partial charge is 0.349 e. The molecule has 0 aromatic heterocycles. The van der Waals surface area contributed by atoms with Crippen molar-refractivity contribution in [1.29, 1.82) is 0 Å². The van der Waals surface area contributed by atoms with Gasteiger partial charge in [0.1, 0.15) is 0 Å². The van der Waals surface area contributed by atoms with Gasteiger partial charge in [-0.15, -0.1) is 0 Å². The molecule has 88 valence electrons. The van der Waals surface area contributed by atoms with Crippen LogP contribution in [0.1, 0.15) is 53.4 Å². The van der Waals surface area contributed by atoms with Crippen LogP contribution in [-0.4, -0.2) is 18.5 Å². The van der Waals surface area contributed by atoms with Crippen LogP contribution in [0.15, 0.2) is 0 Å². The van der Waals surface area contributed by atoms with E-state index < -0.39 is 0 Å². The number of hydrogen-bond acceptors (Lipinski definition) is 2. The van der Waals surface area contributed by atoms with Gasteiger partial charge in [-0.25, -0.2) is 0 Å². The first kappa shape index (κ1) is 11.4. The Morgan fingerprint density at radius 1 is 1.07 bits per heavy atom. The molecule has 2 fully saturated rings. The summed E-state index contributed by atoms with van der Waals surface area (Å²) in [6.07, 6.45) is 4.95. The van der Waals surface area contributed by atoms with Gasteiger partial charge in [-0.3, -0.25) is 0 Å². The van der Waals surface area contributed by atoms with E-state index >= 15 is 0 Å². The lowest BCUT2D eigenvalue weighted by atomic mass is 9.82. The molecule has 1 aliphatic heterocycles. The quantitative estimate of drug-likeness (QED) is 0.613. The van der Waals surface area contributed by atoms with Crippen LogP contribution in [0.3, 0.4) is 0 Å². The van der Waals surface area contributed by atoms with Gasteiger partial charge < -0.3 is 9.47 Å². The molecule has 1 saturated carbocycles. The standard InChI is InChI=1S/C13H24O2/c1-10-5-7-13(8-6-10)14-9-12(3,4)11(2)15-13/h10-11H,5-9H2,1-4H3.